The van der Waals surface area contributed by atoms with Crippen molar-refractivity contribution in [2.24, 2.45) is 5.73 Å². The first-order chi connectivity index (χ1) is 6.84. The van der Waals surface area contributed by atoms with Crippen molar-refractivity contribution in [3.63, 3.8) is 0 Å². The second-order valence-corrected chi connectivity index (χ2v) is 3.19. The predicted molar refractivity (Wildman–Crippen MR) is 51.9 cm³/mol. The Balaban J connectivity index is 1.97. The molecule has 1 saturated heterocycles. The van der Waals surface area contributed by atoms with Gasteiger partial charge in [0.1, 0.15) is 6.10 Å². The van der Waals surface area contributed by atoms with Crippen LogP contribution >= 0.6 is 0 Å². The van der Waals surface area contributed by atoms with E-state index in [9.17, 15) is 4.79 Å². The minimum atomic E-state index is -0.246. The second-order valence-electron chi connectivity index (χ2n) is 3.19. The number of nitrogens with one attached hydrogen (secondary N) is 1. The Kier molecular flexibility index (Phi) is 5.51. The van der Waals surface area contributed by atoms with Crippen molar-refractivity contribution < 1.29 is 14.3 Å². The van der Waals surface area contributed by atoms with Crippen LogP contribution in [-0.2, 0) is 14.3 Å². The lowest BCUT2D eigenvalue weighted by molar-refractivity contribution is -0.130. The van der Waals surface area contributed by atoms with E-state index < -0.39 is 0 Å². The van der Waals surface area contributed by atoms with Crippen LogP contribution in [0.5, 0.6) is 0 Å². The fourth-order valence-electron chi connectivity index (χ4n) is 1.33. The van der Waals surface area contributed by atoms with Gasteiger partial charge in [0.05, 0.1) is 13.2 Å². The van der Waals surface area contributed by atoms with E-state index in [0.29, 0.717) is 32.9 Å². The average Bonchev–Trinajstić information content (AvgIpc) is 2.70. The fraction of sp³-hybridized carbons (Fsp3) is 0.889. The fourth-order valence-corrected chi connectivity index (χ4v) is 1.33. The highest BCUT2D eigenvalue weighted by Crippen LogP contribution is 2.11. The molecule has 5 heteroatoms. The van der Waals surface area contributed by atoms with Crippen molar-refractivity contribution in [2.45, 2.75) is 18.9 Å². The maximum absolute atomic E-state index is 11.4. The molecule has 1 aliphatic heterocycles. The van der Waals surface area contributed by atoms with E-state index in [-0.39, 0.29) is 12.0 Å². The topological polar surface area (TPSA) is 73.6 Å². The molecule has 14 heavy (non-hydrogen) atoms. The highest BCUT2D eigenvalue weighted by molar-refractivity contribution is 5.80. The van der Waals surface area contributed by atoms with Crippen molar-refractivity contribution in [2.75, 3.05) is 32.9 Å². The lowest BCUT2D eigenvalue weighted by atomic mass is 10.2. The molecule has 0 aliphatic carbocycles. The number of ether oxygens (including phenoxy) is 2. The largest absolute Gasteiger partial charge is 0.378 e. The molecule has 1 fully saturated rings. The minimum absolute atomic E-state index is 0.0288. The van der Waals surface area contributed by atoms with E-state index >= 15 is 0 Å². The first-order valence-corrected chi connectivity index (χ1v) is 5.01. The van der Waals surface area contributed by atoms with Crippen molar-refractivity contribution in [1.29, 1.82) is 0 Å². The Morgan fingerprint density at radius 1 is 1.57 bits per heavy atom. The Morgan fingerprint density at radius 2 is 2.43 bits per heavy atom. The third kappa shape index (κ3) is 4.04. The highest BCUT2D eigenvalue weighted by Gasteiger charge is 2.22. The predicted octanol–water partition coefficient (Wildman–Crippen LogP) is -0.743. The summed E-state index contributed by atoms with van der Waals surface area (Å²) in [5.74, 6) is -0.0288. The summed E-state index contributed by atoms with van der Waals surface area (Å²) in [5, 5.41) is 2.75. The summed E-state index contributed by atoms with van der Waals surface area (Å²) in [4.78, 5) is 11.4. The van der Waals surface area contributed by atoms with Gasteiger partial charge in [-0.1, -0.05) is 0 Å². The maximum atomic E-state index is 11.4. The quantitative estimate of drug-likeness (QED) is 0.556. The van der Waals surface area contributed by atoms with Crippen LogP contribution in [0.1, 0.15) is 12.8 Å². The molecule has 3 N–H and O–H groups in total. The summed E-state index contributed by atoms with van der Waals surface area (Å²) >= 11 is 0. The number of hydrogen-bond acceptors (Lipinski definition) is 4. The Hall–Kier alpha value is -0.650. The second kappa shape index (κ2) is 6.75. The van der Waals surface area contributed by atoms with Crippen LogP contribution in [0.4, 0.5) is 0 Å². The van der Waals surface area contributed by atoms with Crippen LogP contribution < -0.4 is 11.1 Å². The normalized spacial score (nSPS) is 21.1. The molecule has 0 aromatic heterocycles. The van der Waals surface area contributed by atoms with Crippen LogP contribution in [0.3, 0.4) is 0 Å². The molecule has 1 rings (SSSR count). The minimum Gasteiger partial charge on any atom is -0.378 e. The SMILES string of the molecule is NCCOCCNC(=O)C1CCCO1. The molecule has 0 saturated carbocycles. The van der Waals surface area contributed by atoms with Gasteiger partial charge in [-0.15, -0.1) is 0 Å². The maximum Gasteiger partial charge on any atom is 0.249 e. The molecular weight excluding hydrogens is 184 g/mol. The molecule has 0 spiro atoms. The first-order valence-electron chi connectivity index (χ1n) is 5.01. The number of carbonyl (C=O) groups excluding carboxylic acids is 1. The van der Waals surface area contributed by atoms with Gasteiger partial charge in [-0.05, 0) is 12.8 Å². The molecule has 1 aliphatic rings. The van der Waals surface area contributed by atoms with E-state index in [0.717, 1.165) is 12.8 Å². The summed E-state index contributed by atoms with van der Waals surface area (Å²) in [7, 11) is 0. The van der Waals surface area contributed by atoms with E-state index in [1.165, 1.54) is 0 Å². The van der Waals surface area contributed by atoms with Gasteiger partial charge < -0.3 is 20.5 Å². The first kappa shape index (κ1) is 11.4. The molecule has 0 aromatic rings. The lowest BCUT2D eigenvalue weighted by Gasteiger charge is -2.10. The van der Waals surface area contributed by atoms with Gasteiger partial charge in [0.15, 0.2) is 0 Å². The number of amides is 1. The van der Waals surface area contributed by atoms with Crippen LogP contribution in [0.15, 0.2) is 0 Å². The summed E-state index contributed by atoms with van der Waals surface area (Å²) in [6.45, 7) is 2.78. The highest BCUT2D eigenvalue weighted by atomic mass is 16.5. The van der Waals surface area contributed by atoms with Crippen molar-refractivity contribution in [1.82, 2.24) is 5.32 Å². The third-order valence-corrected chi connectivity index (χ3v) is 2.03. The molecule has 1 atom stereocenters. The van der Waals surface area contributed by atoms with Crippen molar-refractivity contribution >= 4 is 5.91 Å². The average molecular weight is 202 g/mol. The summed E-state index contributed by atoms with van der Waals surface area (Å²) < 4.78 is 10.3. The van der Waals surface area contributed by atoms with Gasteiger partial charge in [-0.2, -0.15) is 0 Å². The molecule has 0 aromatic carbocycles. The van der Waals surface area contributed by atoms with E-state index in [2.05, 4.69) is 5.32 Å². The van der Waals surface area contributed by atoms with Gasteiger partial charge >= 0.3 is 0 Å². The summed E-state index contributed by atoms with van der Waals surface area (Å²) in [6, 6.07) is 0. The van der Waals surface area contributed by atoms with E-state index in [1.807, 2.05) is 0 Å². The Labute approximate surface area is 83.9 Å². The Morgan fingerprint density at radius 3 is 3.07 bits per heavy atom. The molecule has 1 heterocycles. The number of carbonyl (C=O) groups is 1. The van der Waals surface area contributed by atoms with Crippen molar-refractivity contribution in [3.05, 3.63) is 0 Å². The van der Waals surface area contributed by atoms with E-state index in [4.69, 9.17) is 15.2 Å². The zero-order valence-corrected chi connectivity index (χ0v) is 8.33. The Bertz CT molecular complexity index is 169. The van der Waals surface area contributed by atoms with Crippen LogP contribution in [0.2, 0.25) is 0 Å². The monoisotopic (exact) mass is 202 g/mol. The zero-order chi connectivity index (χ0) is 10.2. The number of nitrogens with two attached hydrogens (primary N) is 1. The van der Waals surface area contributed by atoms with Gasteiger partial charge in [-0.25, -0.2) is 0 Å². The lowest BCUT2D eigenvalue weighted by Crippen LogP contribution is -2.36. The third-order valence-electron chi connectivity index (χ3n) is 2.03. The van der Waals surface area contributed by atoms with Gasteiger partial charge in [0.2, 0.25) is 5.91 Å². The molecule has 0 radical (unpaired) electrons. The number of hydrogen-bond donors (Lipinski definition) is 2. The van der Waals surface area contributed by atoms with Gasteiger partial charge in [-0.3, -0.25) is 4.79 Å². The molecule has 1 amide bonds. The summed E-state index contributed by atoms with van der Waals surface area (Å²) in [6.07, 6.45) is 1.56. The smallest absolute Gasteiger partial charge is 0.249 e. The summed E-state index contributed by atoms with van der Waals surface area (Å²) in [5.41, 5.74) is 5.24. The van der Waals surface area contributed by atoms with Gasteiger partial charge in [0, 0.05) is 19.7 Å². The zero-order valence-electron chi connectivity index (χ0n) is 8.33. The van der Waals surface area contributed by atoms with E-state index in [1.54, 1.807) is 0 Å². The molecule has 1 unspecified atom stereocenters. The molecule has 5 nitrogen and oxygen atoms in total. The molecular formula is C9H18N2O3. The standard InChI is InChI=1S/C9H18N2O3/c10-3-6-13-7-4-11-9(12)8-2-1-5-14-8/h8H,1-7,10H2,(H,11,12). The molecule has 0 bridgehead atoms. The van der Waals surface area contributed by atoms with Crippen LogP contribution in [-0.4, -0.2) is 44.9 Å². The van der Waals surface area contributed by atoms with Crippen molar-refractivity contribution in [3.8, 4) is 0 Å². The molecule has 82 valence electrons. The van der Waals surface area contributed by atoms with Gasteiger partial charge in [0.25, 0.3) is 0 Å². The number of rotatable bonds is 6. The van der Waals surface area contributed by atoms with Crippen LogP contribution in [0, 0.1) is 0 Å². The van der Waals surface area contributed by atoms with Crippen LogP contribution in [0.25, 0.3) is 0 Å².